The first kappa shape index (κ1) is 15.9. The van der Waals surface area contributed by atoms with Crippen LogP contribution in [0.3, 0.4) is 0 Å². The predicted octanol–water partition coefficient (Wildman–Crippen LogP) is 2.21. The Balaban J connectivity index is 2.61. The van der Waals surface area contributed by atoms with E-state index in [1.807, 2.05) is 13.8 Å². The zero-order valence-corrected chi connectivity index (χ0v) is 11.5. The molecule has 0 aliphatic rings. The van der Waals surface area contributed by atoms with Crippen molar-refractivity contribution in [2.45, 2.75) is 32.7 Å². The van der Waals surface area contributed by atoms with E-state index in [4.69, 9.17) is 9.84 Å². The molecule has 0 aliphatic carbocycles. The molecule has 1 amide bonds. The van der Waals surface area contributed by atoms with Gasteiger partial charge in [0.15, 0.2) is 6.61 Å². The van der Waals surface area contributed by atoms with E-state index in [1.165, 1.54) is 6.07 Å². The van der Waals surface area contributed by atoms with Gasteiger partial charge in [-0.15, -0.1) is 0 Å². The fourth-order valence-corrected chi connectivity index (χ4v) is 1.68. The van der Waals surface area contributed by atoms with Crippen LogP contribution < -0.4 is 10.1 Å². The standard InChI is InChI=1S/C14H18FNO4/c1-3-11(4-2)16-13(17)8-20-12-6-9(14(18)19)5-10(15)7-12/h5-7,11H,3-4,8H2,1-2H3,(H,16,17)(H,18,19). The molecule has 20 heavy (non-hydrogen) atoms. The van der Waals surface area contributed by atoms with Gasteiger partial charge < -0.3 is 15.2 Å². The number of carbonyl (C=O) groups is 2. The molecule has 0 atom stereocenters. The molecule has 110 valence electrons. The van der Waals surface area contributed by atoms with Crippen LogP contribution in [0.4, 0.5) is 4.39 Å². The SMILES string of the molecule is CCC(CC)NC(=O)COc1cc(F)cc(C(=O)O)c1. The minimum atomic E-state index is -1.25. The Morgan fingerprint density at radius 3 is 2.50 bits per heavy atom. The predicted molar refractivity (Wildman–Crippen MR) is 71.4 cm³/mol. The summed E-state index contributed by atoms with van der Waals surface area (Å²) >= 11 is 0. The van der Waals surface area contributed by atoms with E-state index in [9.17, 15) is 14.0 Å². The number of amides is 1. The molecule has 2 N–H and O–H groups in total. The highest BCUT2D eigenvalue weighted by molar-refractivity contribution is 5.88. The Kier molecular flexibility index (Phi) is 5.96. The molecule has 0 bridgehead atoms. The molecule has 5 nitrogen and oxygen atoms in total. The number of nitrogens with one attached hydrogen (secondary N) is 1. The summed E-state index contributed by atoms with van der Waals surface area (Å²) in [4.78, 5) is 22.4. The zero-order valence-electron chi connectivity index (χ0n) is 11.5. The number of rotatable bonds is 7. The Hall–Kier alpha value is -2.11. The van der Waals surface area contributed by atoms with Crippen molar-refractivity contribution in [1.29, 1.82) is 0 Å². The average molecular weight is 283 g/mol. The monoisotopic (exact) mass is 283 g/mol. The van der Waals surface area contributed by atoms with Crippen molar-refractivity contribution in [2.75, 3.05) is 6.61 Å². The summed E-state index contributed by atoms with van der Waals surface area (Å²) in [7, 11) is 0. The molecule has 0 heterocycles. The van der Waals surface area contributed by atoms with E-state index in [0.717, 1.165) is 25.0 Å². The fourth-order valence-electron chi connectivity index (χ4n) is 1.68. The number of benzene rings is 1. The first-order valence-corrected chi connectivity index (χ1v) is 6.42. The summed E-state index contributed by atoms with van der Waals surface area (Å²) in [6, 6.07) is 3.18. The largest absolute Gasteiger partial charge is 0.484 e. The fraction of sp³-hybridized carbons (Fsp3) is 0.429. The van der Waals surface area contributed by atoms with Crippen LogP contribution in [0.5, 0.6) is 5.75 Å². The van der Waals surface area contributed by atoms with E-state index in [-0.39, 0.29) is 29.9 Å². The van der Waals surface area contributed by atoms with Crippen molar-refractivity contribution in [3.8, 4) is 5.75 Å². The topological polar surface area (TPSA) is 75.6 Å². The molecule has 1 aromatic carbocycles. The average Bonchev–Trinajstić information content (AvgIpc) is 2.41. The second-order valence-electron chi connectivity index (χ2n) is 4.35. The van der Waals surface area contributed by atoms with E-state index in [0.29, 0.717) is 0 Å². The molecule has 1 aromatic rings. The molecule has 0 unspecified atom stereocenters. The first-order valence-electron chi connectivity index (χ1n) is 6.42. The van der Waals surface area contributed by atoms with Crippen molar-refractivity contribution in [2.24, 2.45) is 0 Å². The van der Waals surface area contributed by atoms with Crippen molar-refractivity contribution >= 4 is 11.9 Å². The molecular formula is C14H18FNO4. The van der Waals surface area contributed by atoms with Crippen LogP contribution in [0, 0.1) is 5.82 Å². The molecule has 0 spiro atoms. The van der Waals surface area contributed by atoms with E-state index in [1.54, 1.807) is 0 Å². The molecule has 0 fully saturated rings. The number of carboxylic acids is 1. The van der Waals surface area contributed by atoms with Gasteiger partial charge in [0.1, 0.15) is 11.6 Å². The van der Waals surface area contributed by atoms with E-state index in [2.05, 4.69) is 5.32 Å². The van der Waals surface area contributed by atoms with E-state index >= 15 is 0 Å². The summed E-state index contributed by atoms with van der Waals surface area (Å²) in [5.74, 6) is -2.28. The van der Waals surface area contributed by atoms with Gasteiger partial charge in [-0.1, -0.05) is 13.8 Å². The van der Waals surface area contributed by atoms with Gasteiger partial charge in [-0.2, -0.15) is 0 Å². The highest BCUT2D eigenvalue weighted by Crippen LogP contribution is 2.16. The minimum absolute atomic E-state index is 0.0158. The summed E-state index contributed by atoms with van der Waals surface area (Å²) in [5.41, 5.74) is -0.222. The van der Waals surface area contributed by atoms with Gasteiger partial charge in [0.05, 0.1) is 5.56 Å². The molecule has 0 radical (unpaired) electrons. The van der Waals surface area contributed by atoms with Crippen molar-refractivity contribution in [1.82, 2.24) is 5.32 Å². The third kappa shape index (κ3) is 4.87. The number of hydrogen-bond acceptors (Lipinski definition) is 3. The number of aromatic carboxylic acids is 1. The number of hydrogen-bond donors (Lipinski definition) is 2. The van der Waals surface area contributed by atoms with Gasteiger partial charge in [0.2, 0.25) is 0 Å². The molecule has 0 aliphatic heterocycles. The quantitative estimate of drug-likeness (QED) is 0.804. The summed E-state index contributed by atoms with van der Waals surface area (Å²) < 4.78 is 18.3. The highest BCUT2D eigenvalue weighted by atomic mass is 19.1. The molecule has 0 aromatic heterocycles. The van der Waals surface area contributed by atoms with Gasteiger partial charge in [-0.25, -0.2) is 9.18 Å². The Bertz CT molecular complexity index is 486. The van der Waals surface area contributed by atoms with Gasteiger partial charge in [-0.3, -0.25) is 4.79 Å². The van der Waals surface area contributed by atoms with Crippen molar-refractivity contribution < 1.29 is 23.8 Å². The summed E-state index contributed by atoms with van der Waals surface area (Å²) in [6.07, 6.45) is 1.62. The Morgan fingerprint density at radius 2 is 1.95 bits per heavy atom. The molecular weight excluding hydrogens is 265 g/mol. The van der Waals surface area contributed by atoms with Crippen LogP contribution in [-0.4, -0.2) is 29.6 Å². The molecule has 1 rings (SSSR count). The lowest BCUT2D eigenvalue weighted by Gasteiger charge is -2.15. The van der Waals surface area contributed by atoms with Gasteiger partial charge >= 0.3 is 5.97 Å². The maximum absolute atomic E-state index is 13.2. The van der Waals surface area contributed by atoms with Crippen LogP contribution in [0.15, 0.2) is 18.2 Å². The molecule has 6 heteroatoms. The van der Waals surface area contributed by atoms with E-state index < -0.39 is 11.8 Å². The zero-order chi connectivity index (χ0) is 15.1. The lowest BCUT2D eigenvalue weighted by Crippen LogP contribution is -2.37. The van der Waals surface area contributed by atoms with Crippen LogP contribution in [0.2, 0.25) is 0 Å². The van der Waals surface area contributed by atoms with Crippen LogP contribution in [0.1, 0.15) is 37.0 Å². The van der Waals surface area contributed by atoms with Crippen LogP contribution in [0.25, 0.3) is 0 Å². The lowest BCUT2D eigenvalue weighted by atomic mass is 10.2. The third-order valence-corrected chi connectivity index (χ3v) is 2.84. The summed E-state index contributed by atoms with van der Waals surface area (Å²) in [6.45, 7) is 3.64. The number of halogens is 1. The van der Waals surface area contributed by atoms with Gasteiger partial charge in [0, 0.05) is 12.1 Å². The highest BCUT2D eigenvalue weighted by Gasteiger charge is 2.11. The maximum atomic E-state index is 13.2. The van der Waals surface area contributed by atoms with Crippen molar-refractivity contribution in [3.63, 3.8) is 0 Å². The molecule has 0 saturated carbocycles. The summed E-state index contributed by atoms with van der Waals surface area (Å²) in [5, 5.41) is 11.6. The normalized spacial score (nSPS) is 10.4. The van der Waals surface area contributed by atoms with Gasteiger partial charge in [0.25, 0.3) is 5.91 Å². The number of carboxylic acid groups (broad SMARTS) is 1. The second kappa shape index (κ2) is 7.47. The Labute approximate surface area is 116 Å². The first-order chi connectivity index (χ1) is 9.46. The van der Waals surface area contributed by atoms with Crippen LogP contribution >= 0.6 is 0 Å². The smallest absolute Gasteiger partial charge is 0.335 e. The molecule has 0 saturated heterocycles. The van der Waals surface area contributed by atoms with Crippen LogP contribution in [-0.2, 0) is 4.79 Å². The number of ether oxygens (including phenoxy) is 1. The minimum Gasteiger partial charge on any atom is -0.484 e. The second-order valence-corrected chi connectivity index (χ2v) is 4.35. The Morgan fingerprint density at radius 1 is 1.30 bits per heavy atom. The van der Waals surface area contributed by atoms with Gasteiger partial charge in [-0.05, 0) is 25.0 Å². The van der Waals surface area contributed by atoms with Crippen molar-refractivity contribution in [3.05, 3.63) is 29.6 Å². The third-order valence-electron chi connectivity index (χ3n) is 2.84. The maximum Gasteiger partial charge on any atom is 0.335 e. The number of carbonyl (C=O) groups excluding carboxylic acids is 1. The lowest BCUT2D eigenvalue weighted by molar-refractivity contribution is -0.123.